The van der Waals surface area contributed by atoms with Gasteiger partial charge in [0.15, 0.2) is 0 Å². The summed E-state index contributed by atoms with van der Waals surface area (Å²) in [6, 6.07) is 11.4. The van der Waals surface area contributed by atoms with Crippen LogP contribution < -0.4 is 5.32 Å². The van der Waals surface area contributed by atoms with Gasteiger partial charge in [-0.25, -0.2) is 8.78 Å². The smallest absolute Gasteiger partial charge is 0.130 e. The van der Waals surface area contributed by atoms with Crippen LogP contribution in [-0.2, 0) is 0 Å². The van der Waals surface area contributed by atoms with E-state index in [1.807, 2.05) is 31.2 Å². The SMILES string of the molecule is CCNC(CSc1ccccc1Br)c1c(F)cccc1F. The molecule has 2 aromatic carbocycles. The number of benzene rings is 2. The highest BCUT2D eigenvalue weighted by Crippen LogP contribution is 2.31. The van der Waals surface area contributed by atoms with E-state index in [9.17, 15) is 8.78 Å². The largest absolute Gasteiger partial charge is 0.309 e. The van der Waals surface area contributed by atoms with Crippen LogP contribution in [0.1, 0.15) is 18.5 Å². The summed E-state index contributed by atoms with van der Waals surface area (Å²) in [4.78, 5) is 1.05. The van der Waals surface area contributed by atoms with E-state index in [-0.39, 0.29) is 11.6 Å². The Labute approximate surface area is 136 Å². The van der Waals surface area contributed by atoms with Crippen molar-refractivity contribution in [1.82, 2.24) is 5.32 Å². The second-order valence-electron chi connectivity index (χ2n) is 4.49. The standard InChI is InChI=1S/C16H16BrF2NS/c1-2-20-14(16-12(18)7-5-8-13(16)19)10-21-15-9-4-3-6-11(15)17/h3-9,14,20H,2,10H2,1H3. The number of thioether (sulfide) groups is 1. The lowest BCUT2D eigenvalue weighted by Crippen LogP contribution is -2.25. The van der Waals surface area contributed by atoms with Crippen LogP contribution in [0, 0.1) is 11.6 Å². The van der Waals surface area contributed by atoms with Gasteiger partial charge in [0.1, 0.15) is 11.6 Å². The highest BCUT2D eigenvalue weighted by molar-refractivity contribution is 9.10. The molecule has 0 saturated heterocycles. The molecule has 0 heterocycles. The molecule has 0 saturated carbocycles. The Morgan fingerprint density at radius 3 is 2.38 bits per heavy atom. The average Bonchev–Trinajstić information content (AvgIpc) is 2.46. The predicted molar refractivity (Wildman–Crippen MR) is 87.6 cm³/mol. The van der Waals surface area contributed by atoms with E-state index >= 15 is 0 Å². The van der Waals surface area contributed by atoms with Crippen LogP contribution in [0.4, 0.5) is 8.78 Å². The topological polar surface area (TPSA) is 12.0 Å². The van der Waals surface area contributed by atoms with E-state index < -0.39 is 11.6 Å². The van der Waals surface area contributed by atoms with Crippen molar-refractivity contribution >= 4 is 27.7 Å². The van der Waals surface area contributed by atoms with Crippen molar-refractivity contribution in [2.75, 3.05) is 12.3 Å². The molecule has 1 unspecified atom stereocenters. The molecule has 21 heavy (non-hydrogen) atoms. The minimum Gasteiger partial charge on any atom is -0.309 e. The fraction of sp³-hybridized carbons (Fsp3) is 0.250. The van der Waals surface area contributed by atoms with E-state index in [4.69, 9.17) is 0 Å². The molecule has 0 spiro atoms. The molecule has 0 aliphatic carbocycles. The fourth-order valence-corrected chi connectivity index (χ4v) is 3.71. The molecule has 2 aromatic rings. The quantitative estimate of drug-likeness (QED) is 0.702. The van der Waals surface area contributed by atoms with Gasteiger partial charge in [0, 0.05) is 26.7 Å². The van der Waals surface area contributed by atoms with Crippen LogP contribution in [-0.4, -0.2) is 12.3 Å². The monoisotopic (exact) mass is 371 g/mol. The van der Waals surface area contributed by atoms with Crippen LogP contribution in [0.2, 0.25) is 0 Å². The molecule has 2 rings (SSSR count). The molecule has 0 amide bonds. The lowest BCUT2D eigenvalue weighted by Gasteiger charge is -2.19. The van der Waals surface area contributed by atoms with Gasteiger partial charge in [0.25, 0.3) is 0 Å². The van der Waals surface area contributed by atoms with Crippen molar-refractivity contribution in [3.63, 3.8) is 0 Å². The van der Waals surface area contributed by atoms with Gasteiger partial charge in [0.2, 0.25) is 0 Å². The number of halogens is 3. The molecule has 1 N–H and O–H groups in total. The minimum atomic E-state index is -0.506. The Bertz CT molecular complexity index is 586. The summed E-state index contributed by atoms with van der Waals surface area (Å²) in [5.74, 6) is -0.462. The molecule has 0 aliphatic rings. The maximum Gasteiger partial charge on any atom is 0.130 e. The second-order valence-corrected chi connectivity index (χ2v) is 6.40. The van der Waals surface area contributed by atoms with Crippen molar-refractivity contribution in [3.05, 3.63) is 64.1 Å². The summed E-state index contributed by atoms with van der Waals surface area (Å²) in [5.41, 5.74) is 0.110. The molecular weight excluding hydrogens is 356 g/mol. The number of hydrogen-bond donors (Lipinski definition) is 1. The van der Waals surface area contributed by atoms with Crippen molar-refractivity contribution in [3.8, 4) is 0 Å². The summed E-state index contributed by atoms with van der Waals surface area (Å²) < 4.78 is 28.8. The van der Waals surface area contributed by atoms with E-state index in [1.165, 1.54) is 18.2 Å². The maximum atomic E-state index is 13.9. The third-order valence-electron chi connectivity index (χ3n) is 3.04. The third kappa shape index (κ3) is 4.28. The van der Waals surface area contributed by atoms with Gasteiger partial charge in [-0.2, -0.15) is 0 Å². The van der Waals surface area contributed by atoms with Gasteiger partial charge in [-0.05, 0) is 46.7 Å². The molecule has 1 nitrogen and oxygen atoms in total. The molecule has 112 valence electrons. The Balaban J connectivity index is 2.18. The summed E-state index contributed by atoms with van der Waals surface area (Å²) >= 11 is 5.05. The van der Waals surface area contributed by atoms with Gasteiger partial charge in [-0.3, -0.25) is 0 Å². The molecular formula is C16H16BrF2NS. The lowest BCUT2D eigenvalue weighted by atomic mass is 10.1. The van der Waals surface area contributed by atoms with Crippen molar-refractivity contribution < 1.29 is 8.78 Å². The number of rotatable bonds is 6. The molecule has 0 aliphatic heterocycles. The summed E-state index contributed by atoms with van der Waals surface area (Å²) in [7, 11) is 0. The third-order valence-corrected chi connectivity index (χ3v) is 5.16. The molecule has 5 heteroatoms. The molecule has 0 aromatic heterocycles. The molecule has 0 bridgehead atoms. The van der Waals surface area contributed by atoms with E-state index in [0.717, 1.165) is 9.37 Å². The fourth-order valence-electron chi connectivity index (χ4n) is 2.07. The molecule has 1 atom stereocenters. The zero-order chi connectivity index (χ0) is 15.2. The molecule has 0 radical (unpaired) electrons. The minimum absolute atomic E-state index is 0.110. The van der Waals surface area contributed by atoms with Gasteiger partial charge in [-0.1, -0.05) is 25.1 Å². The zero-order valence-electron chi connectivity index (χ0n) is 11.6. The first kappa shape index (κ1) is 16.5. The lowest BCUT2D eigenvalue weighted by molar-refractivity contribution is 0.500. The summed E-state index contributed by atoms with van der Waals surface area (Å²) in [6.07, 6.45) is 0. The van der Waals surface area contributed by atoms with E-state index in [0.29, 0.717) is 12.3 Å². The first-order valence-electron chi connectivity index (χ1n) is 6.68. The first-order chi connectivity index (χ1) is 10.1. The van der Waals surface area contributed by atoms with Gasteiger partial charge >= 0.3 is 0 Å². The van der Waals surface area contributed by atoms with Crippen molar-refractivity contribution in [1.29, 1.82) is 0 Å². The van der Waals surface area contributed by atoms with Crippen LogP contribution in [0.15, 0.2) is 51.8 Å². The van der Waals surface area contributed by atoms with Crippen LogP contribution in [0.25, 0.3) is 0 Å². The van der Waals surface area contributed by atoms with Gasteiger partial charge in [0.05, 0.1) is 0 Å². The number of hydrogen-bond acceptors (Lipinski definition) is 2. The summed E-state index contributed by atoms with van der Waals surface area (Å²) in [5, 5.41) is 3.15. The van der Waals surface area contributed by atoms with Crippen LogP contribution in [0.3, 0.4) is 0 Å². The Morgan fingerprint density at radius 1 is 1.10 bits per heavy atom. The van der Waals surface area contributed by atoms with Crippen molar-refractivity contribution in [2.45, 2.75) is 17.9 Å². The van der Waals surface area contributed by atoms with E-state index in [1.54, 1.807) is 11.8 Å². The highest BCUT2D eigenvalue weighted by Gasteiger charge is 2.19. The highest BCUT2D eigenvalue weighted by atomic mass is 79.9. The molecule has 0 fully saturated rings. The van der Waals surface area contributed by atoms with Crippen LogP contribution >= 0.6 is 27.7 Å². The Kier molecular flexibility index (Phi) is 6.21. The van der Waals surface area contributed by atoms with Crippen LogP contribution in [0.5, 0.6) is 0 Å². The van der Waals surface area contributed by atoms with Gasteiger partial charge < -0.3 is 5.32 Å². The Morgan fingerprint density at radius 2 is 1.76 bits per heavy atom. The van der Waals surface area contributed by atoms with Gasteiger partial charge in [-0.15, -0.1) is 11.8 Å². The normalized spacial score (nSPS) is 12.4. The first-order valence-corrected chi connectivity index (χ1v) is 8.46. The summed E-state index contributed by atoms with van der Waals surface area (Å²) in [6.45, 7) is 2.57. The average molecular weight is 372 g/mol. The predicted octanol–water partition coefficient (Wildman–Crippen LogP) is 5.17. The second kappa shape index (κ2) is 7.92. The maximum absolute atomic E-state index is 13.9. The van der Waals surface area contributed by atoms with E-state index in [2.05, 4.69) is 21.2 Å². The Hall–Kier alpha value is -0.910. The zero-order valence-corrected chi connectivity index (χ0v) is 14.0. The van der Waals surface area contributed by atoms with Crippen molar-refractivity contribution in [2.24, 2.45) is 0 Å². The number of nitrogens with one attached hydrogen (secondary N) is 1.